The van der Waals surface area contributed by atoms with Crippen molar-refractivity contribution in [2.75, 3.05) is 42.9 Å². The number of hydrogen-bond donors (Lipinski definition) is 0. The van der Waals surface area contributed by atoms with Gasteiger partial charge in [0.05, 0.1) is 11.4 Å². The van der Waals surface area contributed by atoms with Gasteiger partial charge in [-0.05, 0) is 60.1 Å². The Kier molecular flexibility index (Phi) is 7.39. The van der Waals surface area contributed by atoms with E-state index in [1.54, 1.807) is 4.90 Å². The Labute approximate surface area is 227 Å². The minimum absolute atomic E-state index is 0.118. The Morgan fingerprint density at radius 2 is 1.34 bits per heavy atom. The molecule has 0 fully saturated rings. The predicted molar refractivity (Wildman–Crippen MR) is 158 cm³/mol. The Hall–Kier alpha value is -3.65. The lowest BCUT2D eigenvalue weighted by Gasteiger charge is -2.36. The molecule has 7 nitrogen and oxygen atoms in total. The van der Waals surface area contributed by atoms with Crippen LogP contribution in [-0.2, 0) is 11.3 Å². The molecule has 0 bridgehead atoms. The number of carbonyl (C=O) groups excluding carboxylic acids is 1. The van der Waals surface area contributed by atoms with Gasteiger partial charge in [0, 0.05) is 51.7 Å². The van der Waals surface area contributed by atoms with Gasteiger partial charge in [-0.2, -0.15) is 0 Å². The molecule has 38 heavy (non-hydrogen) atoms. The fourth-order valence-corrected chi connectivity index (χ4v) is 4.88. The van der Waals surface area contributed by atoms with Crippen molar-refractivity contribution in [3.63, 3.8) is 0 Å². The largest absolute Gasteiger partial charge is 0.544 e. The third kappa shape index (κ3) is 5.60. The quantitative estimate of drug-likeness (QED) is 0.302. The van der Waals surface area contributed by atoms with Gasteiger partial charge in [-0.1, -0.05) is 32.9 Å². The number of amides is 1. The first-order valence-electron chi connectivity index (χ1n) is 12.8. The van der Waals surface area contributed by atoms with E-state index in [0.29, 0.717) is 22.9 Å². The van der Waals surface area contributed by atoms with E-state index in [9.17, 15) is 4.79 Å². The third-order valence-corrected chi connectivity index (χ3v) is 11.6. The highest BCUT2D eigenvalue weighted by molar-refractivity contribution is 6.74. The fraction of sp³-hybridized carbons (Fsp3) is 0.367. The van der Waals surface area contributed by atoms with E-state index in [1.807, 2.05) is 98.7 Å². The van der Waals surface area contributed by atoms with Crippen molar-refractivity contribution < 1.29 is 18.7 Å². The Morgan fingerprint density at radius 3 is 1.79 bits per heavy atom. The van der Waals surface area contributed by atoms with Gasteiger partial charge in [-0.3, -0.25) is 0 Å². The van der Waals surface area contributed by atoms with Crippen LogP contribution in [-0.4, -0.2) is 42.6 Å². The summed E-state index contributed by atoms with van der Waals surface area (Å²) in [7, 11) is 5.96. The average Bonchev–Trinajstić information content (AvgIpc) is 2.85. The molecule has 1 aliphatic rings. The van der Waals surface area contributed by atoms with E-state index in [4.69, 9.17) is 13.9 Å². The number of rotatable bonds is 6. The van der Waals surface area contributed by atoms with Crippen LogP contribution in [0.5, 0.6) is 17.2 Å². The van der Waals surface area contributed by atoms with Crippen molar-refractivity contribution >= 4 is 37.2 Å². The molecule has 3 aromatic carbocycles. The number of benzene rings is 3. The van der Waals surface area contributed by atoms with Gasteiger partial charge >= 0.3 is 6.09 Å². The summed E-state index contributed by atoms with van der Waals surface area (Å²) in [4.78, 5) is 19.1. The molecule has 0 N–H and O–H groups in total. The van der Waals surface area contributed by atoms with Gasteiger partial charge in [-0.15, -0.1) is 0 Å². The molecule has 3 aromatic rings. The van der Waals surface area contributed by atoms with Crippen LogP contribution >= 0.6 is 0 Å². The highest BCUT2D eigenvalue weighted by Gasteiger charge is 2.39. The van der Waals surface area contributed by atoms with Crippen molar-refractivity contribution in [3.8, 4) is 17.2 Å². The molecule has 1 amide bonds. The monoisotopic (exact) mass is 533 g/mol. The predicted octanol–water partition coefficient (Wildman–Crippen LogP) is 7.78. The van der Waals surface area contributed by atoms with Crippen molar-refractivity contribution in [2.24, 2.45) is 0 Å². The summed E-state index contributed by atoms with van der Waals surface area (Å²) >= 11 is 0. The molecule has 4 rings (SSSR count). The maximum Gasteiger partial charge on any atom is 0.419 e. The normalized spacial score (nSPS) is 12.7. The molecule has 0 saturated carbocycles. The van der Waals surface area contributed by atoms with Crippen LogP contribution in [0.15, 0.2) is 60.7 Å². The molecule has 1 aliphatic heterocycles. The Morgan fingerprint density at radius 1 is 0.842 bits per heavy atom. The van der Waals surface area contributed by atoms with Crippen LogP contribution in [0.2, 0.25) is 18.1 Å². The summed E-state index contributed by atoms with van der Waals surface area (Å²) in [6.45, 7) is 11.3. The summed E-state index contributed by atoms with van der Waals surface area (Å²) < 4.78 is 18.5. The zero-order chi connectivity index (χ0) is 27.8. The molecule has 0 saturated heterocycles. The number of hydrogen-bond acceptors (Lipinski definition) is 6. The van der Waals surface area contributed by atoms with E-state index in [0.717, 1.165) is 22.7 Å². The highest BCUT2D eigenvalue weighted by atomic mass is 28.4. The summed E-state index contributed by atoms with van der Waals surface area (Å²) in [5.74, 6) is 2.04. The maximum absolute atomic E-state index is 13.5. The molecule has 202 valence electrons. The van der Waals surface area contributed by atoms with Gasteiger partial charge in [0.15, 0.2) is 11.5 Å². The molecule has 0 spiro atoms. The minimum Gasteiger partial charge on any atom is -0.544 e. The summed E-state index contributed by atoms with van der Waals surface area (Å²) in [5, 5.41) is 0.118. The van der Waals surface area contributed by atoms with Gasteiger partial charge < -0.3 is 23.7 Å². The van der Waals surface area contributed by atoms with Crippen molar-refractivity contribution in [1.29, 1.82) is 0 Å². The SMILES string of the molecule is CN(C)c1ccc2c(c1)Oc1cc(N(C)C)ccc1N2C(=O)OCc1ccc(O[Si](C)(C)C(C)(C)C)cc1. The van der Waals surface area contributed by atoms with E-state index >= 15 is 0 Å². The van der Waals surface area contributed by atoms with Crippen LogP contribution in [0.4, 0.5) is 27.5 Å². The third-order valence-electron chi connectivity index (χ3n) is 7.27. The summed E-state index contributed by atoms with van der Waals surface area (Å²) in [6.07, 6.45) is -0.465. The maximum atomic E-state index is 13.5. The van der Waals surface area contributed by atoms with Gasteiger partial charge in [0.1, 0.15) is 12.4 Å². The summed E-state index contributed by atoms with van der Waals surface area (Å²) in [6, 6.07) is 19.4. The molecule has 1 heterocycles. The fourth-order valence-electron chi connectivity index (χ4n) is 3.85. The molecule has 0 aliphatic carbocycles. The lowest BCUT2D eigenvalue weighted by molar-refractivity contribution is 0.149. The first-order valence-corrected chi connectivity index (χ1v) is 15.7. The number of carbonyl (C=O) groups is 1. The van der Waals surface area contributed by atoms with E-state index < -0.39 is 14.4 Å². The van der Waals surface area contributed by atoms with Crippen LogP contribution < -0.4 is 23.9 Å². The van der Waals surface area contributed by atoms with Crippen LogP contribution in [0.1, 0.15) is 26.3 Å². The number of fused-ring (bicyclic) bond motifs is 2. The average molecular weight is 534 g/mol. The standard InChI is InChI=1S/C30H39N3O4Si/c1-30(2,3)38(8,9)37-24-14-10-21(11-15-24)20-35-29(34)33-25-16-12-22(31(4)5)18-27(25)36-28-19-23(32(6)7)13-17-26(28)33/h10-19H,20H2,1-9H3. The van der Waals surface area contributed by atoms with Gasteiger partial charge in [-0.25, -0.2) is 9.69 Å². The molecule has 0 radical (unpaired) electrons. The van der Waals surface area contributed by atoms with Crippen molar-refractivity contribution in [2.45, 2.75) is 45.5 Å². The van der Waals surface area contributed by atoms with E-state index in [1.165, 1.54) is 0 Å². The van der Waals surface area contributed by atoms with Gasteiger partial charge in [0.2, 0.25) is 8.32 Å². The first-order chi connectivity index (χ1) is 17.8. The second-order valence-corrected chi connectivity index (χ2v) is 16.3. The van der Waals surface area contributed by atoms with Gasteiger partial charge in [0.25, 0.3) is 0 Å². The second-order valence-electron chi connectivity index (χ2n) is 11.6. The highest BCUT2D eigenvalue weighted by Crippen LogP contribution is 2.49. The smallest absolute Gasteiger partial charge is 0.419 e. The minimum atomic E-state index is -1.92. The first kappa shape index (κ1) is 27.4. The topological polar surface area (TPSA) is 54.5 Å². The van der Waals surface area contributed by atoms with Crippen LogP contribution in [0, 0.1) is 0 Å². The number of nitrogens with zero attached hydrogens (tertiary/aromatic N) is 3. The molecule has 0 unspecified atom stereocenters. The molecule has 0 aromatic heterocycles. The number of ether oxygens (including phenoxy) is 2. The van der Waals surface area contributed by atoms with E-state index in [-0.39, 0.29) is 11.6 Å². The molecular weight excluding hydrogens is 494 g/mol. The molecule has 0 atom stereocenters. The second kappa shape index (κ2) is 10.2. The Balaban J connectivity index is 1.56. The van der Waals surface area contributed by atoms with Crippen molar-refractivity contribution in [3.05, 3.63) is 66.2 Å². The van der Waals surface area contributed by atoms with Crippen LogP contribution in [0.3, 0.4) is 0 Å². The zero-order valence-electron chi connectivity index (χ0n) is 24.0. The lowest BCUT2D eigenvalue weighted by Crippen LogP contribution is -2.43. The van der Waals surface area contributed by atoms with E-state index in [2.05, 4.69) is 33.9 Å². The molecular formula is C30H39N3O4Si. The lowest BCUT2D eigenvalue weighted by atomic mass is 10.1. The zero-order valence-corrected chi connectivity index (χ0v) is 25.0. The Bertz CT molecular complexity index is 1260. The summed E-state index contributed by atoms with van der Waals surface area (Å²) in [5.41, 5.74) is 4.13. The van der Waals surface area contributed by atoms with Crippen LogP contribution in [0.25, 0.3) is 0 Å². The van der Waals surface area contributed by atoms with Crippen molar-refractivity contribution in [1.82, 2.24) is 0 Å². The molecule has 8 heteroatoms. The number of anilines is 4.